The lowest BCUT2D eigenvalue weighted by atomic mass is 9.90. The molecule has 7 heteroatoms. The fourth-order valence-corrected chi connectivity index (χ4v) is 5.00. The Balaban J connectivity index is 1.43. The molecule has 0 saturated carbocycles. The molecule has 5 nitrogen and oxygen atoms in total. The van der Waals surface area contributed by atoms with Crippen molar-refractivity contribution in [2.45, 2.75) is 44.3 Å². The summed E-state index contributed by atoms with van der Waals surface area (Å²) in [6, 6.07) is 10.3. The SMILES string of the molecule is CCn1c(SCC(=O)Nc2cccc3c2CCCC3)nnc1-c1cccs1. The van der Waals surface area contributed by atoms with Crippen LogP contribution in [-0.4, -0.2) is 26.4 Å². The number of anilines is 1. The molecule has 0 aliphatic heterocycles. The van der Waals surface area contributed by atoms with Crippen LogP contribution < -0.4 is 5.32 Å². The van der Waals surface area contributed by atoms with Gasteiger partial charge in [-0.15, -0.1) is 21.5 Å². The molecule has 2 heterocycles. The minimum atomic E-state index is 0.00213. The van der Waals surface area contributed by atoms with Gasteiger partial charge in [-0.1, -0.05) is 30.0 Å². The van der Waals surface area contributed by atoms with Crippen molar-refractivity contribution < 1.29 is 4.79 Å². The average Bonchev–Trinajstić information content (AvgIpc) is 3.36. The quantitative estimate of drug-likeness (QED) is 0.615. The molecule has 0 atom stereocenters. The Morgan fingerprint density at radius 1 is 1.22 bits per heavy atom. The van der Waals surface area contributed by atoms with Crippen molar-refractivity contribution >= 4 is 34.7 Å². The Bertz CT molecular complexity index is 934. The number of hydrogen-bond acceptors (Lipinski definition) is 5. The van der Waals surface area contributed by atoms with Gasteiger partial charge in [-0.2, -0.15) is 0 Å². The third-order valence-electron chi connectivity index (χ3n) is 4.78. The van der Waals surface area contributed by atoms with E-state index in [1.165, 1.54) is 35.7 Å². The number of fused-ring (bicyclic) bond motifs is 1. The van der Waals surface area contributed by atoms with Crippen LogP contribution in [-0.2, 0) is 24.2 Å². The van der Waals surface area contributed by atoms with E-state index in [0.29, 0.717) is 5.75 Å². The lowest BCUT2D eigenvalue weighted by Gasteiger charge is -2.19. The van der Waals surface area contributed by atoms with E-state index < -0.39 is 0 Å². The zero-order valence-corrected chi connectivity index (χ0v) is 16.9. The molecular formula is C20H22N4OS2. The Kier molecular flexibility index (Phi) is 5.59. The van der Waals surface area contributed by atoms with Crippen LogP contribution in [0.25, 0.3) is 10.7 Å². The van der Waals surface area contributed by atoms with E-state index in [9.17, 15) is 4.79 Å². The number of aryl methyl sites for hydroxylation is 1. The van der Waals surface area contributed by atoms with E-state index in [1.54, 1.807) is 11.3 Å². The van der Waals surface area contributed by atoms with Gasteiger partial charge in [0, 0.05) is 12.2 Å². The van der Waals surface area contributed by atoms with E-state index in [-0.39, 0.29) is 5.91 Å². The fourth-order valence-electron chi connectivity index (χ4n) is 3.48. The monoisotopic (exact) mass is 398 g/mol. The second kappa shape index (κ2) is 8.27. The van der Waals surface area contributed by atoms with Gasteiger partial charge in [0.05, 0.1) is 10.6 Å². The number of amides is 1. The van der Waals surface area contributed by atoms with E-state index in [4.69, 9.17) is 0 Å². The molecule has 1 amide bonds. The van der Waals surface area contributed by atoms with E-state index in [2.05, 4.69) is 33.1 Å². The van der Waals surface area contributed by atoms with E-state index >= 15 is 0 Å². The number of rotatable bonds is 6. The van der Waals surface area contributed by atoms with Crippen LogP contribution in [0.1, 0.15) is 30.9 Å². The predicted octanol–water partition coefficient (Wildman–Crippen LogP) is 4.64. The van der Waals surface area contributed by atoms with Crippen LogP contribution >= 0.6 is 23.1 Å². The number of carbonyl (C=O) groups is 1. The molecule has 0 bridgehead atoms. The number of nitrogens with zero attached hydrogens (tertiary/aromatic N) is 3. The summed E-state index contributed by atoms with van der Waals surface area (Å²) in [7, 11) is 0. The van der Waals surface area contributed by atoms with Gasteiger partial charge in [0.15, 0.2) is 11.0 Å². The molecule has 0 unspecified atom stereocenters. The van der Waals surface area contributed by atoms with E-state index in [0.717, 1.165) is 40.9 Å². The molecule has 0 spiro atoms. The van der Waals surface area contributed by atoms with Crippen molar-refractivity contribution in [3.05, 3.63) is 46.8 Å². The Hall–Kier alpha value is -2.12. The second-order valence-corrected chi connectivity index (χ2v) is 8.41. The maximum absolute atomic E-state index is 12.5. The Labute approximate surface area is 167 Å². The summed E-state index contributed by atoms with van der Waals surface area (Å²) in [5, 5.41) is 14.5. The third-order valence-corrected chi connectivity index (χ3v) is 6.61. The van der Waals surface area contributed by atoms with Crippen molar-refractivity contribution in [2.75, 3.05) is 11.1 Å². The Morgan fingerprint density at radius 3 is 2.93 bits per heavy atom. The normalized spacial score (nSPS) is 13.4. The highest BCUT2D eigenvalue weighted by atomic mass is 32.2. The van der Waals surface area contributed by atoms with Crippen molar-refractivity contribution in [3.8, 4) is 10.7 Å². The first kappa shape index (κ1) is 18.3. The lowest BCUT2D eigenvalue weighted by Crippen LogP contribution is -2.17. The summed E-state index contributed by atoms with van der Waals surface area (Å²) in [6.45, 7) is 2.84. The molecule has 3 aromatic rings. The van der Waals surface area contributed by atoms with Gasteiger partial charge in [-0.05, 0) is 61.2 Å². The molecule has 140 valence electrons. The topological polar surface area (TPSA) is 59.8 Å². The first-order chi connectivity index (χ1) is 13.3. The summed E-state index contributed by atoms with van der Waals surface area (Å²) in [6.07, 6.45) is 4.59. The molecule has 1 aromatic carbocycles. The van der Waals surface area contributed by atoms with Gasteiger partial charge in [-0.3, -0.25) is 4.79 Å². The summed E-state index contributed by atoms with van der Waals surface area (Å²) in [5.74, 6) is 1.20. The first-order valence-electron chi connectivity index (χ1n) is 9.26. The number of thioether (sulfide) groups is 1. The smallest absolute Gasteiger partial charge is 0.234 e. The molecule has 2 aromatic heterocycles. The Morgan fingerprint density at radius 2 is 2.11 bits per heavy atom. The number of aromatic nitrogens is 3. The molecule has 27 heavy (non-hydrogen) atoms. The van der Waals surface area contributed by atoms with Crippen molar-refractivity contribution in [1.82, 2.24) is 14.8 Å². The molecule has 0 radical (unpaired) electrons. The summed E-state index contributed by atoms with van der Waals surface area (Å²) < 4.78 is 2.06. The molecular weight excluding hydrogens is 376 g/mol. The highest BCUT2D eigenvalue weighted by Crippen LogP contribution is 2.29. The molecule has 1 aliphatic rings. The molecule has 0 saturated heterocycles. The fraction of sp³-hybridized carbons (Fsp3) is 0.350. The average molecular weight is 399 g/mol. The molecule has 1 N–H and O–H groups in total. The van der Waals surface area contributed by atoms with Crippen molar-refractivity contribution in [3.63, 3.8) is 0 Å². The molecule has 0 fully saturated rings. The maximum atomic E-state index is 12.5. The number of nitrogens with one attached hydrogen (secondary N) is 1. The van der Waals surface area contributed by atoms with Crippen molar-refractivity contribution in [1.29, 1.82) is 0 Å². The number of benzene rings is 1. The lowest BCUT2D eigenvalue weighted by molar-refractivity contribution is -0.113. The molecule has 1 aliphatic carbocycles. The number of hydrogen-bond donors (Lipinski definition) is 1. The molecule has 4 rings (SSSR count). The van der Waals surface area contributed by atoms with Crippen LogP contribution in [0.3, 0.4) is 0 Å². The van der Waals surface area contributed by atoms with Crippen molar-refractivity contribution in [2.24, 2.45) is 0 Å². The summed E-state index contributed by atoms with van der Waals surface area (Å²) in [5.41, 5.74) is 3.64. The summed E-state index contributed by atoms with van der Waals surface area (Å²) in [4.78, 5) is 13.6. The van der Waals surface area contributed by atoms with Crippen LogP contribution in [0.2, 0.25) is 0 Å². The maximum Gasteiger partial charge on any atom is 0.234 e. The van der Waals surface area contributed by atoms with Gasteiger partial charge in [0.1, 0.15) is 0 Å². The minimum absolute atomic E-state index is 0.00213. The largest absolute Gasteiger partial charge is 0.325 e. The predicted molar refractivity (Wildman–Crippen MR) is 111 cm³/mol. The highest BCUT2D eigenvalue weighted by molar-refractivity contribution is 7.99. The van der Waals surface area contributed by atoms with Crippen LogP contribution in [0.15, 0.2) is 40.9 Å². The first-order valence-corrected chi connectivity index (χ1v) is 11.1. The van der Waals surface area contributed by atoms with Gasteiger partial charge < -0.3 is 9.88 Å². The van der Waals surface area contributed by atoms with Gasteiger partial charge >= 0.3 is 0 Å². The van der Waals surface area contributed by atoms with E-state index in [1.807, 2.05) is 29.6 Å². The van der Waals surface area contributed by atoms with Gasteiger partial charge in [-0.25, -0.2) is 0 Å². The second-order valence-electron chi connectivity index (χ2n) is 6.51. The van der Waals surface area contributed by atoms with Gasteiger partial charge in [0.2, 0.25) is 5.91 Å². The zero-order chi connectivity index (χ0) is 18.6. The standard InChI is InChI=1S/C20H22N4OS2/c1-2-24-19(17-11-6-12-26-17)22-23-20(24)27-13-18(25)21-16-10-5-8-14-7-3-4-9-15(14)16/h5-6,8,10-12H,2-4,7,9,13H2,1H3,(H,21,25). The van der Waals surface area contributed by atoms with Crippen LogP contribution in [0.5, 0.6) is 0 Å². The third kappa shape index (κ3) is 3.94. The zero-order valence-electron chi connectivity index (χ0n) is 15.3. The number of thiophene rings is 1. The highest BCUT2D eigenvalue weighted by Gasteiger charge is 2.17. The summed E-state index contributed by atoms with van der Waals surface area (Å²) >= 11 is 3.08. The minimum Gasteiger partial charge on any atom is -0.325 e. The van der Waals surface area contributed by atoms with Gasteiger partial charge in [0.25, 0.3) is 0 Å². The number of carbonyl (C=O) groups excluding carboxylic acids is 1. The van der Waals surface area contributed by atoms with Crippen LogP contribution in [0.4, 0.5) is 5.69 Å². The van der Waals surface area contributed by atoms with Crippen LogP contribution in [0, 0.1) is 0 Å².